The standard InChI is InChI=1S/C68H83BN2S/c1-40-20-19-21-41(2)55(40)42-34-53-57-54(35-42)71(44-23-25-46-48(37-44)64(9,10)29-27-62(46,5)6)60-58(56-59(72-60)68(17,18)33-32-67(56,15)16)69(57)51-38-49-50(66(13,14)31-30-65(49,11)12)39-52(51)70(53)43-22-24-45-47(36-43)63(7,8)28-26-61(45,3)4/h19-25,34-39H,26-33H2,1-18H3. The monoisotopic (exact) mass is 971 g/mol. The van der Waals surface area contributed by atoms with E-state index in [1.165, 1.54) is 146 Å². The lowest BCUT2D eigenvalue weighted by molar-refractivity contribution is 0.332. The molecule has 0 bridgehead atoms. The minimum absolute atomic E-state index is 0.0159. The van der Waals surface area contributed by atoms with Gasteiger partial charge in [0.05, 0.1) is 5.00 Å². The first-order valence-corrected chi connectivity index (χ1v) is 28.8. The molecule has 6 aliphatic rings. The van der Waals surface area contributed by atoms with Gasteiger partial charge >= 0.3 is 0 Å². The Morgan fingerprint density at radius 2 is 0.819 bits per heavy atom. The van der Waals surface area contributed by atoms with Gasteiger partial charge in [0.25, 0.3) is 6.71 Å². The fourth-order valence-corrected chi connectivity index (χ4v) is 17.0. The normalized spacial score (nSPS) is 22.4. The maximum absolute atomic E-state index is 2.81. The second kappa shape index (κ2) is 15.1. The van der Waals surface area contributed by atoms with Crippen LogP contribution in [0.3, 0.4) is 0 Å². The third-order valence-electron chi connectivity index (χ3n) is 20.5. The summed E-state index contributed by atoms with van der Waals surface area (Å²) in [5.41, 5.74) is 27.8. The van der Waals surface area contributed by atoms with Crippen molar-refractivity contribution in [2.75, 3.05) is 9.80 Å². The quantitative estimate of drug-likeness (QED) is 0.163. The van der Waals surface area contributed by atoms with Crippen LogP contribution < -0.4 is 26.2 Å². The van der Waals surface area contributed by atoms with E-state index >= 15 is 0 Å². The number of fused-ring (bicyclic) bond motifs is 9. The van der Waals surface area contributed by atoms with Crippen molar-refractivity contribution >= 4 is 67.9 Å². The molecule has 1 aromatic heterocycles. The Labute approximate surface area is 439 Å². The zero-order valence-corrected chi connectivity index (χ0v) is 48.4. The van der Waals surface area contributed by atoms with Crippen LogP contribution in [0.1, 0.15) is 217 Å². The second-order valence-electron chi connectivity index (χ2n) is 29.3. The summed E-state index contributed by atoms with van der Waals surface area (Å²) in [5.74, 6) is 0. The molecule has 5 aromatic carbocycles. The minimum Gasteiger partial charge on any atom is -0.311 e. The van der Waals surface area contributed by atoms with E-state index in [1.54, 1.807) is 21.5 Å². The first-order chi connectivity index (χ1) is 33.5. The van der Waals surface area contributed by atoms with Crippen LogP contribution >= 0.6 is 11.3 Å². The lowest BCUT2D eigenvalue weighted by atomic mass is 9.32. The molecule has 0 saturated carbocycles. The maximum Gasteiger partial charge on any atom is 0.253 e. The molecule has 0 radical (unpaired) electrons. The zero-order valence-electron chi connectivity index (χ0n) is 47.5. The van der Waals surface area contributed by atoms with Gasteiger partial charge in [-0.05, 0) is 229 Å². The van der Waals surface area contributed by atoms with E-state index < -0.39 is 0 Å². The van der Waals surface area contributed by atoms with E-state index in [9.17, 15) is 0 Å². The van der Waals surface area contributed by atoms with Crippen LogP contribution in [0.15, 0.2) is 78.9 Å². The smallest absolute Gasteiger partial charge is 0.253 e. The van der Waals surface area contributed by atoms with Crippen LogP contribution in [0.5, 0.6) is 0 Å². The Kier molecular flexibility index (Phi) is 10.1. The molecule has 0 N–H and O–H groups in total. The fraction of sp³-hybridized carbons (Fsp3) is 0.500. The lowest BCUT2D eigenvalue weighted by Crippen LogP contribution is -2.63. The van der Waals surface area contributed by atoms with Crippen molar-refractivity contribution in [3.63, 3.8) is 0 Å². The molecular weight excluding hydrogens is 888 g/mol. The SMILES string of the molecule is Cc1cccc(C)c1-c1cc2c3c(c1)N(c1ccc4c(c1)C(C)(C)CCC4(C)C)c1sc4c(c1B3c1cc3c(cc1N2c1ccc2c(c1)C(C)(C)CCC2(C)C)C(C)(C)CCC3(C)C)C(C)(C)CCC4(C)C. The van der Waals surface area contributed by atoms with Crippen LogP contribution in [-0.2, 0) is 43.3 Å². The van der Waals surface area contributed by atoms with Crippen LogP contribution in [0.25, 0.3) is 11.1 Å². The number of aryl methyl sites for hydroxylation is 2. The third-order valence-corrected chi connectivity index (χ3v) is 22.1. The lowest BCUT2D eigenvalue weighted by Gasteiger charge is -2.48. The Morgan fingerprint density at radius 3 is 1.33 bits per heavy atom. The third kappa shape index (κ3) is 6.84. The van der Waals surface area contributed by atoms with Crippen LogP contribution in [-0.4, -0.2) is 6.71 Å². The summed E-state index contributed by atoms with van der Waals surface area (Å²) >= 11 is 2.14. The van der Waals surface area contributed by atoms with Crippen molar-refractivity contribution < 1.29 is 0 Å². The molecule has 374 valence electrons. The fourth-order valence-electron chi connectivity index (χ4n) is 15.3. The maximum atomic E-state index is 2.81. The number of hydrogen-bond acceptors (Lipinski definition) is 3. The van der Waals surface area contributed by atoms with Gasteiger partial charge in [-0.1, -0.05) is 147 Å². The van der Waals surface area contributed by atoms with Crippen molar-refractivity contribution in [2.24, 2.45) is 0 Å². The molecule has 0 spiro atoms. The summed E-state index contributed by atoms with van der Waals surface area (Å²) in [4.78, 5) is 7.19. The number of nitrogens with zero attached hydrogens (tertiary/aromatic N) is 2. The summed E-state index contributed by atoms with van der Waals surface area (Å²) in [7, 11) is 0. The Hall–Kier alpha value is -4.54. The molecule has 0 unspecified atom stereocenters. The molecule has 4 heteroatoms. The molecular formula is C68H83BN2S. The molecule has 3 heterocycles. The van der Waals surface area contributed by atoms with Gasteiger partial charge in [-0.3, -0.25) is 0 Å². The second-order valence-corrected chi connectivity index (χ2v) is 30.3. The Balaban J connectivity index is 1.27. The molecule has 6 aromatic rings. The van der Waals surface area contributed by atoms with Gasteiger partial charge in [-0.15, -0.1) is 11.3 Å². The van der Waals surface area contributed by atoms with Crippen molar-refractivity contribution in [1.29, 1.82) is 0 Å². The Morgan fingerprint density at radius 1 is 0.403 bits per heavy atom. The van der Waals surface area contributed by atoms with E-state index in [1.807, 2.05) is 0 Å². The molecule has 0 saturated heterocycles. The highest BCUT2D eigenvalue weighted by Crippen LogP contribution is 2.58. The number of benzene rings is 5. The van der Waals surface area contributed by atoms with Crippen LogP contribution in [0, 0.1) is 13.8 Å². The van der Waals surface area contributed by atoms with Crippen LogP contribution in [0.4, 0.5) is 33.4 Å². The summed E-state index contributed by atoms with van der Waals surface area (Å²) in [6, 6.07) is 33.1. The van der Waals surface area contributed by atoms with Crippen molar-refractivity contribution in [2.45, 2.75) is 219 Å². The minimum atomic E-state index is 0.0159. The molecule has 0 atom stereocenters. The van der Waals surface area contributed by atoms with Gasteiger partial charge in [-0.25, -0.2) is 0 Å². The van der Waals surface area contributed by atoms with Gasteiger partial charge in [0.15, 0.2) is 0 Å². The van der Waals surface area contributed by atoms with Crippen molar-refractivity contribution in [3.05, 3.63) is 134 Å². The first-order valence-electron chi connectivity index (χ1n) is 28.0. The van der Waals surface area contributed by atoms with Gasteiger partial charge in [-0.2, -0.15) is 0 Å². The highest BCUT2D eigenvalue weighted by Gasteiger charge is 2.53. The number of hydrogen-bond donors (Lipinski definition) is 0. The number of thiophene rings is 1. The molecule has 2 aliphatic heterocycles. The average molecular weight is 971 g/mol. The van der Waals surface area contributed by atoms with Crippen molar-refractivity contribution in [3.8, 4) is 11.1 Å². The molecule has 0 amide bonds. The van der Waals surface area contributed by atoms with Gasteiger partial charge in [0.2, 0.25) is 0 Å². The average Bonchev–Trinajstić information content (AvgIpc) is 3.72. The zero-order chi connectivity index (χ0) is 51.4. The van der Waals surface area contributed by atoms with E-state index in [4.69, 9.17) is 0 Å². The van der Waals surface area contributed by atoms with Crippen LogP contribution in [0.2, 0.25) is 0 Å². The summed E-state index contributed by atoms with van der Waals surface area (Å²) in [6.45, 7) is 45.0. The summed E-state index contributed by atoms with van der Waals surface area (Å²) in [6.07, 6.45) is 9.54. The van der Waals surface area contributed by atoms with E-state index in [0.29, 0.717) is 0 Å². The van der Waals surface area contributed by atoms with Gasteiger partial charge in [0, 0.05) is 33.3 Å². The predicted octanol–water partition coefficient (Wildman–Crippen LogP) is 17.5. The van der Waals surface area contributed by atoms with Gasteiger partial charge in [0.1, 0.15) is 0 Å². The summed E-state index contributed by atoms with van der Waals surface area (Å²) in [5, 5.41) is 1.44. The van der Waals surface area contributed by atoms with E-state index in [-0.39, 0.29) is 50.0 Å². The number of rotatable bonds is 3. The highest BCUT2D eigenvalue weighted by atomic mass is 32.1. The molecule has 2 nitrogen and oxygen atoms in total. The molecule has 12 rings (SSSR count). The first kappa shape index (κ1) is 48.4. The van der Waals surface area contributed by atoms with E-state index in [2.05, 4.69) is 225 Å². The van der Waals surface area contributed by atoms with Gasteiger partial charge < -0.3 is 9.80 Å². The largest absolute Gasteiger partial charge is 0.311 e. The predicted molar refractivity (Wildman–Crippen MR) is 314 cm³/mol. The topological polar surface area (TPSA) is 6.48 Å². The molecule has 4 aliphatic carbocycles. The molecule has 72 heavy (non-hydrogen) atoms. The highest BCUT2D eigenvalue weighted by molar-refractivity contribution is 7.20. The van der Waals surface area contributed by atoms with Crippen molar-refractivity contribution in [1.82, 2.24) is 0 Å². The Bertz CT molecular complexity index is 3290. The summed E-state index contributed by atoms with van der Waals surface area (Å²) < 4.78 is 0. The van der Waals surface area contributed by atoms with E-state index in [0.717, 1.165) is 0 Å². The number of anilines is 6. The molecule has 0 fully saturated rings.